The zero-order valence-electron chi connectivity index (χ0n) is 7.44. The SMILES string of the molecule is [2H]C1C=Cc2nc3ccccc3n21. The van der Waals surface area contributed by atoms with Crippen molar-refractivity contribution in [3.05, 3.63) is 36.2 Å². The monoisotopic (exact) mass is 157 g/mol. The van der Waals surface area contributed by atoms with E-state index in [1.165, 1.54) is 0 Å². The third-order valence-electron chi connectivity index (χ3n) is 2.10. The number of rotatable bonds is 0. The minimum atomic E-state index is -0.303. The molecule has 1 aromatic heterocycles. The van der Waals surface area contributed by atoms with Crippen molar-refractivity contribution in [3.8, 4) is 0 Å². The third-order valence-corrected chi connectivity index (χ3v) is 2.10. The van der Waals surface area contributed by atoms with Gasteiger partial charge in [-0.25, -0.2) is 4.98 Å². The highest BCUT2D eigenvalue weighted by Crippen LogP contribution is 2.20. The number of benzene rings is 1. The summed E-state index contributed by atoms with van der Waals surface area (Å²) in [6.45, 7) is -0.303. The van der Waals surface area contributed by atoms with Crippen LogP contribution in [0.1, 0.15) is 7.20 Å². The van der Waals surface area contributed by atoms with Gasteiger partial charge < -0.3 is 4.57 Å². The van der Waals surface area contributed by atoms with Crippen LogP contribution in [0.25, 0.3) is 17.1 Å². The van der Waals surface area contributed by atoms with Crippen molar-refractivity contribution in [2.24, 2.45) is 0 Å². The fraction of sp³-hybridized carbons (Fsp3) is 0.100. The molecule has 2 heterocycles. The minimum Gasteiger partial charge on any atom is -0.321 e. The highest BCUT2D eigenvalue weighted by molar-refractivity contribution is 5.78. The average Bonchev–Trinajstić information content (AvgIpc) is 2.66. The Kier molecular flexibility index (Phi) is 0.845. The van der Waals surface area contributed by atoms with Crippen LogP contribution in [0.2, 0.25) is 0 Å². The molecule has 1 aliphatic rings. The first-order valence-electron chi connectivity index (χ1n) is 4.51. The molecule has 1 unspecified atom stereocenters. The number of aromatic nitrogens is 2. The molecule has 0 N–H and O–H groups in total. The van der Waals surface area contributed by atoms with Gasteiger partial charge in [-0.3, -0.25) is 0 Å². The first kappa shape index (κ1) is 5.14. The lowest BCUT2D eigenvalue weighted by Gasteiger charge is -1.95. The van der Waals surface area contributed by atoms with E-state index in [1.54, 1.807) is 0 Å². The second kappa shape index (κ2) is 1.97. The van der Waals surface area contributed by atoms with E-state index in [0.717, 1.165) is 16.9 Å². The number of imidazole rings is 1. The molecule has 3 rings (SSSR count). The summed E-state index contributed by atoms with van der Waals surface area (Å²) in [5.41, 5.74) is 2.02. The first-order valence-corrected chi connectivity index (χ1v) is 3.94. The van der Waals surface area contributed by atoms with E-state index in [9.17, 15) is 0 Å². The van der Waals surface area contributed by atoms with Gasteiger partial charge in [0.2, 0.25) is 0 Å². The smallest absolute Gasteiger partial charge is 0.133 e. The lowest BCUT2D eigenvalue weighted by atomic mass is 10.3. The molecule has 0 saturated carbocycles. The Morgan fingerprint density at radius 2 is 2.33 bits per heavy atom. The Bertz CT molecular complexity index is 499. The summed E-state index contributed by atoms with van der Waals surface area (Å²) in [7, 11) is 0. The van der Waals surface area contributed by atoms with Crippen LogP contribution in [-0.2, 0) is 6.52 Å². The molecular formula is C10H8N2. The molecule has 0 radical (unpaired) electrons. The number of nitrogens with zero attached hydrogens (tertiary/aromatic N) is 2. The van der Waals surface area contributed by atoms with E-state index < -0.39 is 0 Å². The Balaban J connectivity index is 2.45. The van der Waals surface area contributed by atoms with Gasteiger partial charge in [0.1, 0.15) is 5.82 Å². The van der Waals surface area contributed by atoms with Crippen molar-refractivity contribution in [2.45, 2.75) is 6.52 Å². The number of hydrogen-bond acceptors (Lipinski definition) is 1. The summed E-state index contributed by atoms with van der Waals surface area (Å²) in [6.07, 6.45) is 3.74. The Labute approximate surface area is 71.6 Å². The van der Waals surface area contributed by atoms with Crippen LogP contribution in [0.4, 0.5) is 0 Å². The van der Waals surface area contributed by atoms with Crippen LogP contribution >= 0.6 is 0 Å². The molecule has 2 aromatic rings. The summed E-state index contributed by atoms with van der Waals surface area (Å²) in [5.74, 6) is 0.890. The van der Waals surface area contributed by atoms with Crippen molar-refractivity contribution < 1.29 is 1.37 Å². The quantitative estimate of drug-likeness (QED) is 0.572. The van der Waals surface area contributed by atoms with Crippen LogP contribution in [0, 0.1) is 0 Å². The molecular weight excluding hydrogens is 148 g/mol. The number of fused-ring (bicyclic) bond motifs is 3. The Hall–Kier alpha value is -1.57. The van der Waals surface area contributed by atoms with Gasteiger partial charge in [0.05, 0.1) is 12.4 Å². The maximum atomic E-state index is 7.75. The second-order valence-electron chi connectivity index (χ2n) is 2.84. The third kappa shape index (κ3) is 0.619. The Morgan fingerprint density at radius 1 is 1.42 bits per heavy atom. The number of para-hydroxylation sites is 2. The number of hydrogen-bond donors (Lipinski definition) is 0. The standard InChI is InChI=1S/C10H8N2/c1-2-5-9-8(4-1)11-10-6-3-7-12(9)10/h1-6H,7H2/i7D. The van der Waals surface area contributed by atoms with Gasteiger partial charge in [-0.05, 0) is 18.2 Å². The van der Waals surface area contributed by atoms with E-state index >= 15 is 0 Å². The van der Waals surface area contributed by atoms with Crippen molar-refractivity contribution in [3.63, 3.8) is 0 Å². The largest absolute Gasteiger partial charge is 0.321 e. The van der Waals surface area contributed by atoms with Crippen molar-refractivity contribution in [1.82, 2.24) is 9.55 Å². The Morgan fingerprint density at radius 3 is 3.33 bits per heavy atom. The minimum absolute atomic E-state index is 0.303. The molecule has 0 saturated heterocycles. The van der Waals surface area contributed by atoms with Crippen LogP contribution in [0.15, 0.2) is 30.3 Å². The summed E-state index contributed by atoms with van der Waals surface area (Å²) in [4.78, 5) is 4.40. The molecule has 0 aliphatic carbocycles. The van der Waals surface area contributed by atoms with Gasteiger partial charge in [-0.15, -0.1) is 0 Å². The maximum Gasteiger partial charge on any atom is 0.133 e. The summed E-state index contributed by atoms with van der Waals surface area (Å²) in [6, 6.07) is 7.91. The summed E-state index contributed by atoms with van der Waals surface area (Å²) < 4.78 is 9.67. The molecule has 1 atom stereocenters. The van der Waals surface area contributed by atoms with Gasteiger partial charge in [0.25, 0.3) is 0 Å². The fourth-order valence-corrected chi connectivity index (χ4v) is 1.55. The first-order chi connectivity index (χ1) is 6.36. The van der Waals surface area contributed by atoms with Crippen molar-refractivity contribution in [2.75, 3.05) is 0 Å². The van der Waals surface area contributed by atoms with E-state index in [4.69, 9.17) is 1.37 Å². The predicted molar refractivity (Wildman–Crippen MR) is 48.8 cm³/mol. The highest BCUT2D eigenvalue weighted by Gasteiger charge is 2.09. The second-order valence-corrected chi connectivity index (χ2v) is 2.84. The van der Waals surface area contributed by atoms with Crippen LogP contribution in [0.3, 0.4) is 0 Å². The molecule has 1 aliphatic heterocycles. The molecule has 0 amide bonds. The molecule has 2 nitrogen and oxygen atoms in total. The average molecular weight is 157 g/mol. The zero-order chi connectivity index (χ0) is 8.84. The summed E-state index contributed by atoms with van der Waals surface area (Å²) >= 11 is 0. The van der Waals surface area contributed by atoms with Gasteiger partial charge in [0, 0.05) is 6.52 Å². The lowest BCUT2D eigenvalue weighted by Crippen LogP contribution is -1.90. The fourth-order valence-electron chi connectivity index (χ4n) is 1.55. The molecule has 0 fully saturated rings. The van der Waals surface area contributed by atoms with Crippen molar-refractivity contribution >= 4 is 17.1 Å². The van der Waals surface area contributed by atoms with Crippen LogP contribution in [0.5, 0.6) is 0 Å². The highest BCUT2D eigenvalue weighted by atomic mass is 15.1. The zero-order valence-corrected chi connectivity index (χ0v) is 6.44. The maximum absolute atomic E-state index is 7.75. The molecule has 58 valence electrons. The number of allylic oxidation sites excluding steroid dienone is 1. The van der Waals surface area contributed by atoms with Crippen LogP contribution in [-0.4, -0.2) is 9.55 Å². The van der Waals surface area contributed by atoms with E-state index in [-0.39, 0.29) is 6.52 Å². The van der Waals surface area contributed by atoms with Crippen molar-refractivity contribution in [1.29, 1.82) is 0 Å². The van der Waals surface area contributed by atoms with Gasteiger partial charge >= 0.3 is 0 Å². The molecule has 2 heteroatoms. The normalized spacial score (nSPS) is 21.3. The molecule has 0 bridgehead atoms. The molecule has 0 spiro atoms. The predicted octanol–water partition coefficient (Wildman–Crippen LogP) is 2.06. The topological polar surface area (TPSA) is 17.8 Å². The lowest BCUT2D eigenvalue weighted by molar-refractivity contribution is 0.867. The summed E-state index contributed by atoms with van der Waals surface area (Å²) in [5, 5.41) is 0. The van der Waals surface area contributed by atoms with E-state index in [1.807, 2.05) is 41.0 Å². The van der Waals surface area contributed by atoms with Gasteiger partial charge in [-0.1, -0.05) is 18.2 Å². The van der Waals surface area contributed by atoms with Gasteiger partial charge in [0.15, 0.2) is 0 Å². The van der Waals surface area contributed by atoms with Crippen LogP contribution < -0.4 is 0 Å². The van der Waals surface area contributed by atoms with E-state index in [2.05, 4.69) is 4.98 Å². The molecule has 1 aromatic carbocycles. The van der Waals surface area contributed by atoms with E-state index in [0.29, 0.717) is 0 Å². The molecule has 12 heavy (non-hydrogen) atoms. The van der Waals surface area contributed by atoms with Gasteiger partial charge in [-0.2, -0.15) is 0 Å².